The molecule has 0 heterocycles. The maximum absolute atomic E-state index is 10.7. The van der Waals surface area contributed by atoms with E-state index in [1.807, 2.05) is 36.4 Å². The van der Waals surface area contributed by atoms with Gasteiger partial charge >= 0.3 is 0 Å². The fourth-order valence-electron chi connectivity index (χ4n) is 2.15. The lowest BCUT2D eigenvalue weighted by Gasteiger charge is -2.19. The Morgan fingerprint density at radius 2 is 1.76 bits per heavy atom. The van der Waals surface area contributed by atoms with Gasteiger partial charge in [0, 0.05) is 34.4 Å². The third kappa shape index (κ3) is 5.13. The van der Waals surface area contributed by atoms with Crippen molar-refractivity contribution in [2.75, 3.05) is 12.3 Å². The van der Waals surface area contributed by atoms with Crippen LogP contribution in [0, 0.1) is 0 Å². The lowest BCUT2D eigenvalue weighted by Crippen LogP contribution is -2.24. The molecule has 0 spiro atoms. The zero-order chi connectivity index (χ0) is 15.2. The molecular formula is C15H16ClN2O2S-. The monoisotopic (exact) mass is 323 g/mol. The molecule has 2 aromatic rings. The first-order chi connectivity index (χ1) is 10.0. The molecule has 0 aromatic heterocycles. The number of nitrogens with one attached hydrogen (secondary N) is 1. The molecule has 2 atom stereocenters. The van der Waals surface area contributed by atoms with Crippen molar-refractivity contribution in [1.29, 1.82) is 0 Å². The highest BCUT2D eigenvalue weighted by atomic mass is 35.5. The quantitative estimate of drug-likeness (QED) is 0.633. The van der Waals surface area contributed by atoms with Crippen molar-refractivity contribution >= 4 is 28.6 Å². The van der Waals surface area contributed by atoms with Gasteiger partial charge in [-0.25, -0.2) is 4.72 Å². The third-order valence-corrected chi connectivity index (χ3v) is 3.91. The Morgan fingerprint density at radius 1 is 1.14 bits per heavy atom. The van der Waals surface area contributed by atoms with Gasteiger partial charge in [-0.15, -0.1) is 0 Å². The number of anilines is 1. The number of nitrogens with two attached hydrogens (primary N) is 1. The molecule has 0 amide bonds. The van der Waals surface area contributed by atoms with Gasteiger partial charge in [-0.2, -0.15) is 0 Å². The largest absolute Gasteiger partial charge is 0.760 e. The average molecular weight is 324 g/mol. The number of rotatable bonds is 6. The normalized spacial score (nSPS) is 13.8. The number of halogens is 1. The Kier molecular flexibility index (Phi) is 5.76. The summed E-state index contributed by atoms with van der Waals surface area (Å²) in [5.74, 6) is 0.0313. The van der Waals surface area contributed by atoms with Crippen LogP contribution in [0.2, 0.25) is 5.02 Å². The Hall–Kier alpha value is -1.40. The first-order valence-electron chi connectivity index (χ1n) is 6.47. The summed E-state index contributed by atoms with van der Waals surface area (Å²) >= 11 is 3.62. The molecule has 112 valence electrons. The molecule has 0 fully saturated rings. The molecule has 0 aliphatic rings. The van der Waals surface area contributed by atoms with Gasteiger partial charge in [-0.05, 0) is 41.8 Å². The van der Waals surface area contributed by atoms with Crippen molar-refractivity contribution in [3.05, 3.63) is 64.7 Å². The van der Waals surface area contributed by atoms with Crippen LogP contribution in [0.5, 0.6) is 0 Å². The van der Waals surface area contributed by atoms with Gasteiger partial charge in [0.1, 0.15) is 0 Å². The lowest BCUT2D eigenvalue weighted by atomic mass is 9.92. The molecule has 4 nitrogen and oxygen atoms in total. The van der Waals surface area contributed by atoms with Crippen LogP contribution in [-0.4, -0.2) is 15.3 Å². The van der Waals surface area contributed by atoms with Gasteiger partial charge in [0.05, 0.1) is 0 Å². The summed E-state index contributed by atoms with van der Waals surface area (Å²) in [6.45, 7) is 0.335. The van der Waals surface area contributed by atoms with E-state index in [0.717, 1.165) is 11.1 Å². The van der Waals surface area contributed by atoms with Gasteiger partial charge in [0.2, 0.25) is 0 Å². The minimum Gasteiger partial charge on any atom is -0.760 e. The second-order valence-corrected chi connectivity index (χ2v) is 5.97. The topological polar surface area (TPSA) is 78.2 Å². The van der Waals surface area contributed by atoms with Gasteiger partial charge < -0.3 is 10.3 Å². The maximum Gasteiger partial charge on any atom is 0.0406 e. The van der Waals surface area contributed by atoms with Crippen LogP contribution in [0.15, 0.2) is 48.5 Å². The maximum atomic E-state index is 10.7. The van der Waals surface area contributed by atoms with Crippen LogP contribution in [0.1, 0.15) is 17.0 Å². The van der Waals surface area contributed by atoms with E-state index in [1.165, 1.54) is 0 Å². The van der Waals surface area contributed by atoms with E-state index in [-0.39, 0.29) is 5.92 Å². The molecule has 3 N–H and O–H groups in total. The molecule has 6 heteroatoms. The Morgan fingerprint density at radius 3 is 2.33 bits per heavy atom. The fourth-order valence-corrected chi connectivity index (χ4v) is 2.61. The molecule has 2 aromatic carbocycles. The van der Waals surface area contributed by atoms with Crippen LogP contribution in [-0.2, 0) is 17.7 Å². The molecule has 0 bridgehead atoms. The predicted octanol–water partition coefficient (Wildman–Crippen LogP) is 2.63. The fraction of sp³-hybridized carbons (Fsp3) is 0.200. The second kappa shape index (κ2) is 7.56. The summed E-state index contributed by atoms with van der Waals surface area (Å²) < 4.78 is 23.9. The summed E-state index contributed by atoms with van der Waals surface area (Å²) in [5, 5.41) is 0.658. The molecule has 0 aliphatic heterocycles. The SMILES string of the molecule is Nc1ccc(CC(CNS(=O)[O-])c2ccc(Cl)cc2)cc1. The molecule has 0 saturated carbocycles. The van der Waals surface area contributed by atoms with Gasteiger partial charge in [0.15, 0.2) is 0 Å². The van der Waals surface area contributed by atoms with Crippen LogP contribution in [0.3, 0.4) is 0 Å². The van der Waals surface area contributed by atoms with E-state index in [2.05, 4.69) is 4.72 Å². The second-order valence-electron chi connectivity index (χ2n) is 4.78. The Bertz CT molecular complexity index is 602. The number of benzene rings is 2. The van der Waals surface area contributed by atoms with Crippen molar-refractivity contribution in [3.63, 3.8) is 0 Å². The van der Waals surface area contributed by atoms with E-state index in [1.54, 1.807) is 12.1 Å². The minimum absolute atomic E-state index is 0.0313. The van der Waals surface area contributed by atoms with Crippen molar-refractivity contribution < 1.29 is 8.76 Å². The highest BCUT2D eigenvalue weighted by Gasteiger charge is 2.12. The summed E-state index contributed by atoms with van der Waals surface area (Å²) in [6, 6.07) is 15.0. The summed E-state index contributed by atoms with van der Waals surface area (Å²) in [4.78, 5) is 0. The van der Waals surface area contributed by atoms with Gasteiger partial charge in [-0.3, -0.25) is 4.21 Å². The van der Waals surface area contributed by atoms with Crippen molar-refractivity contribution in [3.8, 4) is 0 Å². The minimum atomic E-state index is -2.27. The standard InChI is InChI=1S/C15H17ClN2O2S/c16-14-5-3-12(4-6-14)13(10-18-21(19)20)9-11-1-7-15(17)8-2-11/h1-8,13,18H,9-10,17H2,(H,19,20)/p-1. The summed E-state index contributed by atoms with van der Waals surface area (Å²) in [6.07, 6.45) is 0.714. The first-order valence-corrected chi connectivity index (χ1v) is 7.92. The molecule has 0 aliphatic carbocycles. The summed E-state index contributed by atoms with van der Waals surface area (Å²) in [7, 11) is 0. The molecule has 21 heavy (non-hydrogen) atoms. The lowest BCUT2D eigenvalue weighted by molar-refractivity contribution is 0.515. The summed E-state index contributed by atoms with van der Waals surface area (Å²) in [5.41, 5.74) is 8.52. The average Bonchev–Trinajstić information content (AvgIpc) is 2.46. The van der Waals surface area contributed by atoms with E-state index in [9.17, 15) is 8.76 Å². The predicted molar refractivity (Wildman–Crippen MR) is 85.7 cm³/mol. The molecular weight excluding hydrogens is 308 g/mol. The zero-order valence-corrected chi connectivity index (χ0v) is 12.9. The number of nitrogen functional groups attached to an aromatic ring is 1. The van der Waals surface area contributed by atoms with E-state index in [0.29, 0.717) is 23.7 Å². The number of hydrogen-bond acceptors (Lipinski definition) is 3. The van der Waals surface area contributed by atoms with Crippen LogP contribution in [0.25, 0.3) is 0 Å². The first kappa shape index (κ1) is 16.0. The number of hydrogen-bond donors (Lipinski definition) is 2. The molecule has 2 unspecified atom stereocenters. The smallest absolute Gasteiger partial charge is 0.0406 e. The molecule has 0 saturated heterocycles. The third-order valence-electron chi connectivity index (χ3n) is 3.25. The van der Waals surface area contributed by atoms with Crippen molar-refractivity contribution in [1.82, 2.24) is 4.72 Å². The molecule has 2 rings (SSSR count). The highest BCUT2D eigenvalue weighted by molar-refractivity contribution is 7.77. The van der Waals surface area contributed by atoms with Crippen LogP contribution < -0.4 is 10.5 Å². The van der Waals surface area contributed by atoms with E-state index >= 15 is 0 Å². The van der Waals surface area contributed by atoms with E-state index < -0.39 is 11.3 Å². The molecule has 0 radical (unpaired) electrons. The van der Waals surface area contributed by atoms with Crippen molar-refractivity contribution in [2.45, 2.75) is 12.3 Å². The van der Waals surface area contributed by atoms with E-state index in [4.69, 9.17) is 17.3 Å². The van der Waals surface area contributed by atoms with Crippen LogP contribution in [0.4, 0.5) is 5.69 Å². The highest BCUT2D eigenvalue weighted by Crippen LogP contribution is 2.23. The van der Waals surface area contributed by atoms with Crippen LogP contribution >= 0.6 is 11.6 Å². The van der Waals surface area contributed by atoms with Crippen molar-refractivity contribution in [2.24, 2.45) is 0 Å². The zero-order valence-electron chi connectivity index (χ0n) is 11.3. The Balaban J connectivity index is 2.16. The van der Waals surface area contributed by atoms with Gasteiger partial charge in [0.25, 0.3) is 0 Å². The van der Waals surface area contributed by atoms with Gasteiger partial charge in [-0.1, -0.05) is 35.9 Å². The Labute approximate surface area is 131 Å².